The van der Waals surface area contributed by atoms with Gasteiger partial charge < -0.3 is 10.6 Å². The lowest BCUT2D eigenvalue weighted by molar-refractivity contribution is -0.133. The van der Waals surface area contributed by atoms with Gasteiger partial charge >= 0.3 is 0 Å². The average Bonchev–Trinajstić information content (AvgIpc) is 2.26. The van der Waals surface area contributed by atoms with Gasteiger partial charge in [0.25, 0.3) is 0 Å². The van der Waals surface area contributed by atoms with Gasteiger partial charge in [-0.15, -0.1) is 6.58 Å². The predicted octanol–water partition coefficient (Wildman–Crippen LogP) is 1.40. The summed E-state index contributed by atoms with van der Waals surface area (Å²) in [7, 11) is 0. The van der Waals surface area contributed by atoms with Gasteiger partial charge in [0.05, 0.1) is 0 Å². The van der Waals surface area contributed by atoms with Crippen LogP contribution in [-0.2, 0) is 4.79 Å². The Kier molecular flexibility index (Phi) is 4.82. The molecule has 1 fully saturated rings. The molecule has 0 aliphatic carbocycles. The predicted molar refractivity (Wildman–Crippen MR) is 62.3 cm³/mol. The maximum absolute atomic E-state index is 11.8. The van der Waals surface area contributed by atoms with Crippen molar-refractivity contribution in [2.45, 2.75) is 26.2 Å². The summed E-state index contributed by atoms with van der Waals surface area (Å²) in [6, 6.07) is 0. The third-order valence-corrected chi connectivity index (χ3v) is 3.33. The van der Waals surface area contributed by atoms with E-state index in [1.807, 2.05) is 4.90 Å². The van der Waals surface area contributed by atoms with Crippen molar-refractivity contribution in [2.24, 2.45) is 17.6 Å². The second kappa shape index (κ2) is 5.91. The maximum atomic E-state index is 11.8. The fourth-order valence-electron chi connectivity index (χ4n) is 2.07. The van der Waals surface area contributed by atoms with E-state index in [2.05, 4.69) is 13.5 Å². The number of rotatable bonds is 4. The highest BCUT2D eigenvalue weighted by Gasteiger charge is 2.27. The van der Waals surface area contributed by atoms with Crippen LogP contribution in [0, 0.1) is 11.8 Å². The van der Waals surface area contributed by atoms with Crippen LogP contribution in [0.5, 0.6) is 0 Å². The fraction of sp³-hybridized carbons (Fsp3) is 0.750. The Balaban J connectivity index is 2.43. The zero-order valence-corrected chi connectivity index (χ0v) is 9.61. The molecule has 1 saturated heterocycles. The largest absolute Gasteiger partial charge is 0.342 e. The summed E-state index contributed by atoms with van der Waals surface area (Å²) < 4.78 is 0. The molecule has 3 heteroatoms. The molecular formula is C12H22N2O. The summed E-state index contributed by atoms with van der Waals surface area (Å²) in [5, 5.41) is 0. The molecule has 2 N–H and O–H groups in total. The van der Waals surface area contributed by atoms with E-state index in [1.54, 1.807) is 6.08 Å². The SMILES string of the molecule is C=CCCC(=O)N1CCC(C)C(CN)C1. The highest BCUT2D eigenvalue weighted by atomic mass is 16.2. The molecule has 15 heavy (non-hydrogen) atoms. The number of piperidine rings is 1. The van der Waals surface area contributed by atoms with Crippen LogP contribution >= 0.6 is 0 Å². The highest BCUT2D eigenvalue weighted by Crippen LogP contribution is 2.22. The van der Waals surface area contributed by atoms with Crippen LogP contribution in [-0.4, -0.2) is 30.4 Å². The van der Waals surface area contributed by atoms with Crippen molar-refractivity contribution in [2.75, 3.05) is 19.6 Å². The van der Waals surface area contributed by atoms with Gasteiger partial charge in [0, 0.05) is 19.5 Å². The second-order valence-corrected chi connectivity index (χ2v) is 4.43. The van der Waals surface area contributed by atoms with Crippen molar-refractivity contribution in [1.29, 1.82) is 0 Å². The van der Waals surface area contributed by atoms with Crippen molar-refractivity contribution in [3.63, 3.8) is 0 Å². The zero-order chi connectivity index (χ0) is 11.3. The Morgan fingerprint density at radius 3 is 3.00 bits per heavy atom. The minimum Gasteiger partial charge on any atom is -0.342 e. The first-order valence-electron chi connectivity index (χ1n) is 5.77. The van der Waals surface area contributed by atoms with Crippen LogP contribution in [0.4, 0.5) is 0 Å². The monoisotopic (exact) mass is 210 g/mol. The van der Waals surface area contributed by atoms with Crippen LogP contribution in [0.25, 0.3) is 0 Å². The summed E-state index contributed by atoms with van der Waals surface area (Å²) in [5.74, 6) is 1.38. The summed E-state index contributed by atoms with van der Waals surface area (Å²) >= 11 is 0. The summed E-state index contributed by atoms with van der Waals surface area (Å²) in [4.78, 5) is 13.7. The third-order valence-electron chi connectivity index (χ3n) is 3.33. The number of allylic oxidation sites excluding steroid dienone is 1. The first kappa shape index (κ1) is 12.2. The number of nitrogens with two attached hydrogens (primary N) is 1. The van der Waals surface area contributed by atoms with E-state index in [9.17, 15) is 4.79 Å². The molecule has 1 aliphatic rings. The number of amides is 1. The van der Waals surface area contributed by atoms with Crippen molar-refractivity contribution < 1.29 is 4.79 Å². The Morgan fingerprint density at radius 1 is 1.67 bits per heavy atom. The molecule has 0 aromatic heterocycles. The lowest BCUT2D eigenvalue weighted by Crippen LogP contribution is -2.45. The quantitative estimate of drug-likeness (QED) is 0.713. The number of carbonyl (C=O) groups excluding carboxylic acids is 1. The lowest BCUT2D eigenvalue weighted by Gasteiger charge is -2.36. The second-order valence-electron chi connectivity index (χ2n) is 4.43. The zero-order valence-electron chi connectivity index (χ0n) is 9.61. The topological polar surface area (TPSA) is 46.3 Å². The lowest BCUT2D eigenvalue weighted by atomic mass is 9.87. The van der Waals surface area contributed by atoms with Gasteiger partial charge in [-0.1, -0.05) is 13.0 Å². The summed E-state index contributed by atoms with van der Waals surface area (Å²) in [5.41, 5.74) is 5.70. The van der Waals surface area contributed by atoms with Crippen molar-refractivity contribution in [1.82, 2.24) is 4.90 Å². The molecule has 1 rings (SSSR count). The molecule has 2 unspecified atom stereocenters. The smallest absolute Gasteiger partial charge is 0.222 e. The first-order chi connectivity index (χ1) is 7.19. The van der Waals surface area contributed by atoms with E-state index < -0.39 is 0 Å². The Morgan fingerprint density at radius 2 is 2.40 bits per heavy atom. The van der Waals surface area contributed by atoms with Gasteiger partial charge in [-0.25, -0.2) is 0 Å². The molecule has 0 aromatic rings. The first-order valence-corrected chi connectivity index (χ1v) is 5.77. The number of nitrogens with zero attached hydrogens (tertiary/aromatic N) is 1. The van der Waals surface area contributed by atoms with Crippen molar-refractivity contribution in [3.05, 3.63) is 12.7 Å². The van der Waals surface area contributed by atoms with E-state index in [-0.39, 0.29) is 5.91 Å². The molecule has 86 valence electrons. The minimum absolute atomic E-state index is 0.250. The van der Waals surface area contributed by atoms with Crippen molar-refractivity contribution in [3.8, 4) is 0 Å². The fourth-order valence-corrected chi connectivity index (χ4v) is 2.07. The van der Waals surface area contributed by atoms with Gasteiger partial charge in [-0.2, -0.15) is 0 Å². The highest BCUT2D eigenvalue weighted by molar-refractivity contribution is 5.76. The molecule has 3 nitrogen and oxygen atoms in total. The van der Waals surface area contributed by atoms with E-state index in [4.69, 9.17) is 5.73 Å². The summed E-state index contributed by atoms with van der Waals surface area (Å²) in [6.07, 6.45) is 4.25. The third kappa shape index (κ3) is 3.34. The molecule has 0 aromatic carbocycles. The standard InChI is InChI=1S/C12H22N2O/c1-3-4-5-12(15)14-7-6-10(2)11(8-13)9-14/h3,10-11H,1,4-9,13H2,2H3. The Labute approximate surface area is 92.3 Å². The number of hydrogen-bond donors (Lipinski definition) is 1. The number of hydrogen-bond acceptors (Lipinski definition) is 2. The molecule has 1 heterocycles. The summed E-state index contributed by atoms with van der Waals surface area (Å²) in [6.45, 7) is 8.28. The van der Waals surface area contributed by atoms with Crippen LogP contribution in [0.2, 0.25) is 0 Å². The average molecular weight is 210 g/mol. The molecule has 0 saturated carbocycles. The number of carbonyl (C=O) groups is 1. The van der Waals surface area contributed by atoms with Crippen LogP contribution in [0.3, 0.4) is 0 Å². The van der Waals surface area contributed by atoms with Crippen LogP contribution < -0.4 is 5.73 Å². The number of likely N-dealkylation sites (tertiary alicyclic amines) is 1. The van der Waals surface area contributed by atoms with Gasteiger partial charge in [0.1, 0.15) is 0 Å². The molecule has 2 atom stereocenters. The van der Waals surface area contributed by atoms with Crippen LogP contribution in [0.1, 0.15) is 26.2 Å². The Bertz CT molecular complexity index is 228. The van der Waals surface area contributed by atoms with Gasteiger partial charge in [0.15, 0.2) is 0 Å². The van der Waals surface area contributed by atoms with Gasteiger partial charge in [-0.05, 0) is 31.2 Å². The van der Waals surface area contributed by atoms with E-state index >= 15 is 0 Å². The van der Waals surface area contributed by atoms with Crippen LogP contribution in [0.15, 0.2) is 12.7 Å². The van der Waals surface area contributed by atoms with Crippen molar-refractivity contribution >= 4 is 5.91 Å². The molecule has 0 radical (unpaired) electrons. The van der Waals surface area contributed by atoms with E-state index in [1.165, 1.54) is 0 Å². The maximum Gasteiger partial charge on any atom is 0.222 e. The molecular weight excluding hydrogens is 188 g/mol. The van der Waals surface area contributed by atoms with E-state index in [0.29, 0.717) is 24.8 Å². The molecule has 1 amide bonds. The molecule has 1 aliphatic heterocycles. The Hall–Kier alpha value is -0.830. The molecule has 0 spiro atoms. The van der Waals surface area contributed by atoms with Gasteiger partial charge in [-0.3, -0.25) is 4.79 Å². The molecule has 0 bridgehead atoms. The minimum atomic E-state index is 0.250. The van der Waals surface area contributed by atoms with E-state index in [0.717, 1.165) is 25.9 Å². The van der Waals surface area contributed by atoms with Gasteiger partial charge in [0.2, 0.25) is 5.91 Å². The normalized spacial score (nSPS) is 26.4.